The summed E-state index contributed by atoms with van der Waals surface area (Å²) in [4.78, 5) is 47.3. The molecular weight excluding hydrogens is 513 g/mol. The monoisotopic (exact) mass is 537 g/mol. The first-order chi connectivity index (χ1) is 17.9. The van der Waals surface area contributed by atoms with Gasteiger partial charge in [-0.05, 0) is 41.0 Å². The van der Waals surface area contributed by atoms with Gasteiger partial charge in [0.05, 0.1) is 12.0 Å². The van der Waals surface area contributed by atoms with Crippen LogP contribution < -0.4 is 0 Å². The number of halogens is 2. The Kier molecular flexibility index (Phi) is 7.46. The highest BCUT2D eigenvalue weighted by molar-refractivity contribution is 6.30. The molecule has 2 saturated heterocycles. The molecule has 2 aliphatic rings. The minimum Gasteiger partial charge on any atom is -0.311 e. The fourth-order valence-corrected chi connectivity index (χ4v) is 5.11. The van der Waals surface area contributed by atoms with Crippen molar-refractivity contribution in [3.8, 4) is 0 Å². The minimum absolute atomic E-state index is 0.0201. The number of carbonyl (C=O) groups is 3. The number of benzene rings is 3. The summed E-state index contributed by atoms with van der Waals surface area (Å²) < 4.78 is 0. The Labute approximate surface area is 225 Å². The van der Waals surface area contributed by atoms with Gasteiger partial charge >= 0.3 is 6.09 Å². The second-order valence-corrected chi connectivity index (χ2v) is 9.95. The predicted octanol–water partition coefficient (Wildman–Crippen LogP) is 5.29. The number of hydrogen-bond acceptors (Lipinski definition) is 5. The Hall–Kier alpha value is -3.39. The van der Waals surface area contributed by atoms with Crippen LogP contribution in [0, 0.1) is 0 Å². The van der Waals surface area contributed by atoms with Crippen LogP contribution in [-0.2, 0) is 14.4 Å². The zero-order valence-corrected chi connectivity index (χ0v) is 21.4. The Morgan fingerprint density at radius 2 is 1.32 bits per heavy atom. The van der Waals surface area contributed by atoms with Crippen LogP contribution in [0.2, 0.25) is 10.0 Å². The van der Waals surface area contributed by atoms with Crippen molar-refractivity contribution in [1.29, 1.82) is 0 Å². The van der Waals surface area contributed by atoms with Crippen molar-refractivity contribution in [2.45, 2.75) is 18.4 Å². The first kappa shape index (κ1) is 25.3. The van der Waals surface area contributed by atoms with E-state index in [-0.39, 0.29) is 12.5 Å². The topological polar surface area (TPSA) is 70.2 Å². The molecule has 0 spiro atoms. The van der Waals surface area contributed by atoms with E-state index in [1.807, 2.05) is 66.7 Å². The third-order valence-electron chi connectivity index (χ3n) is 6.78. The lowest BCUT2D eigenvalue weighted by atomic mass is 9.96. The number of imide groups is 1. The van der Waals surface area contributed by atoms with Gasteiger partial charge in [0.1, 0.15) is 0 Å². The molecule has 2 aliphatic heterocycles. The van der Waals surface area contributed by atoms with Crippen LogP contribution in [0.25, 0.3) is 0 Å². The number of rotatable bonds is 5. The van der Waals surface area contributed by atoms with Gasteiger partial charge in [-0.25, -0.2) is 4.79 Å². The van der Waals surface area contributed by atoms with E-state index in [1.54, 1.807) is 12.1 Å². The average molecular weight is 538 g/mol. The number of hydrogen-bond donors (Lipinski definition) is 0. The van der Waals surface area contributed by atoms with E-state index in [9.17, 15) is 14.4 Å². The number of hydroxylamine groups is 2. The minimum atomic E-state index is -0.704. The standard InChI is InChI=1S/C28H25Cl2N3O4/c29-22-10-6-20(7-11-22)26(21-8-12-23(30)13-9-21)31-14-16-32(17-15-31)28(36)37-33-25(34)18-24(27(33)35)19-4-2-1-3-5-19/h1-13,24,26H,14-18H2. The van der Waals surface area contributed by atoms with Crippen LogP contribution in [0.3, 0.4) is 0 Å². The lowest BCUT2D eigenvalue weighted by Crippen LogP contribution is -2.51. The van der Waals surface area contributed by atoms with E-state index >= 15 is 0 Å². The Morgan fingerprint density at radius 3 is 1.86 bits per heavy atom. The molecule has 3 aromatic carbocycles. The van der Waals surface area contributed by atoms with Crippen molar-refractivity contribution in [2.75, 3.05) is 26.2 Å². The molecule has 0 saturated carbocycles. The molecule has 1 atom stereocenters. The van der Waals surface area contributed by atoms with Crippen molar-refractivity contribution < 1.29 is 19.2 Å². The molecule has 2 heterocycles. The highest BCUT2D eigenvalue weighted by Gasteiger charge is 2.43. The van der Waals surface area contributed by atoms with E-state index in [1.165, 1.54) is 4.90 Å². The lowest BCUT2D eigenvalue weighted by molar-refractivity contribution is -0.174. The molecule has 0 N–H and O–H groups in total. The molecule has 0 bridgehead atoms. The maximum absolute atomic E-state index is 12.9. The molecule has 0 aromatic heterocycles. The quantitative estimate of drug-likeness (QED) is 0.413. The van der Waals surface area contributed by atoms with Crippen molar-refractivity contribution in [2.24, 2.45) is 0 Å². The smallest absolute Gasteiger partial charge is 0.311 e. The second kappa shape index (κ2) is 10.9. The molecule has 37 heavy (non-hydrogen) atoms. The Morgan fingerprint density at radius 1 is 0.784 bits per heavy atom. The third kappa shape index (κ3) is 5.49. The number of nitrogens with zero attached hydrogens (tertiary/aromatic N) is 3. The first-order valence-electron chi connectivity index (χ1n) is 12.0. The van der Waals surface area contributed by atoms with Crippen molar-refractivity contribution >= 4 is 41.1 Å². The van der Waals surface area contributed by atoms with Gasteiger partial charge in [0, 0.05) is 42.6 Å². The van der Waals surface area contributed by atoms with Gasteiger partial charge < -0.3 is 9.74 Å². The summed E-state index contributed by atoms with van der Waals surface area (Å²) >= 11 is 12.2. The van der Waals surface area contributed by atoms with Gasteiger partial charge in [0.2, 0.25) is 0 Å². The molecule has 7 nitrogen and oxygen atoms in total. The normalized spacial score (nSPS) is 18.5. The largest absolute Gasteiger partial charge is 0.434 e. The van der Waals surface area contributed by atoms with Crippen molar-refractivity contribution in [1.82, 2.24) is 14.9 Å². The van der Waals surface area contributed by atoms with E-state index in [4.69, 9.17) is 28.0 Å². The van der Waals surface area contributed by atoms with E-state index < -0.39 is 23.8 Å². The Bertz CT molecular complexity index is 1230. The summed E-state index contributed by atoms with van der Waals surface area (Å²) in [5.74, 6) is -1.68. The molecule has 2 fully saturated rings. The lowest BCUT2D eigenvalue weighted by Gasteiger charge is -2.39. The fraction of sp³-hybridized carbons (Fsp3) is 0.250. The van der Waals surface area contributed by atoms with Gasteiger partial charge in [-0.3, -0.25) is 14.5 Å². The SMILES string of the molecule is O=C(ON1C(=O)CC(c2ccccc2)C1=O)N1CCN(C(c2ccc(Cl)cc2)c2ccc(Cl)cc2)CC1. The van der Waals surface area contributed by atoms with Crippen LogP contribution in [0.15, 0.2) is 78.9 Å². The summed E-state index contributed by atoms with van der Waals surface area (Å²) in [6.07, 6.45) is -0.724. The summed E-state index contributed by atoms with van der Waals surface area (Å²) in [5.41, 5.74) is 2.87. The first-order valence-corrected chi connectivity index (χ1v) is 12.8. The molecule has 5 rings (SSSR count). The number of amides is 3. The maximum atomic E-state index is 12.9. The van der Waals surface area contributed by atoms with Gasteiger partial charge in [0.15, 0.2) is 0 Å². The van der Waals surface area contributed by atoms with Crippen molar-refractivity contribution in [3.63, 3.8) is 0 Å². The van der Waals surface area contributed by atoms with Crippen LogP contribution in [0.1, 0.15) is 35.1 Å². The van der Waals surface area contributed by atoms with Gasteiger partial charge in [-0.2, -0.15) is 0 Å². The average Bonchev–Trinajstić information content (AvgIpc) is 3.20. The predicted molar refractivity (Wildman–Crippen MR) is 140 cm³/mol. The zero-order valence-electron chi connectivity index (χ0n) is 19.9. The van der Waals surface area contributed by atoms with Crippen LogP contribution >= 0.6 is 23.2 Å². The molecule has 0 aliphatic carbocycles. The summed E-state index contributed by atoms with van der Waals surface area (Å²) in [6, 6.07) is 24.4. The van der Waals surface area contributed by atoms with E-state index in [2.05, 4.69) is 4.90 Å². The highest BCUT2D eigenvalue weighted by atomic mass is 35.5. The summed E-state index contributed by atoms with van der Waals surface area (Å²) in [5, 5.41) is 1.94. The summed E-state index contributed by atoms with van der Waals surface area (Å²) in [7, 11) is 0. The molecule has 1 unspecified atom stereocenters. The highest BCUT2D eigenvalue weighted by Crippen LogP contribution is 2.32. The molecule has 0 radical (unpaired) electrons. The zero-order chi connectivity index (χ0) is 25.9. The molecule has 190 valence electrons. The Balaban J connectivity index is 1.25. The van der Waals surface area contributed by atoms with Gasteiger partial charge in [-0.15, -0.1) is 5.06 Å². The number of piperazine rings is 1. The van der Waals surface area contributed by atoms with Crippen LogP contribution in [0.5, 0.6) is 0 Å². The van der Waals surface area contributed by atoms with Gasteiger partial charge in [0.25, 0.3) is 11.8 Å². The van der Waals surface area contributed by atoms with Crippen LogP contribution in [0.4, 0.5) is 4.79 Å². The molecule has 3 amide bonds. The fourth-order valence-electron chi connectivity index (χ4n) is 4.85. The number of carbonyl (C=O) groups excluding carboxylic acids is 3. The molecular formula is C28H25Cl2N3O4. The maximum Gasteiger partial charge on any atom is 0.434 e. The van der Waals surface area contributed by atoms with E-state index in [0.29, 0.717) is 41.3 Å². The van der Waals surface area contributed by atoms with Crippen molar-refractivity contribution in [3.05, 3.63) is 106 Å². The second-order valence-electron chi connectivity index (χ2n) is 9.08. The third-order valence-corrected chi connectivity index (χ3v) is 7.29. The van der Waals surface area contributed by atoms with Crippen LogP contribution in [-0.4, -0.2) is 58.9 Å². The van der Waals surface area contributed by atoms with Gasteiger partial charge in [-0.1, -0.05) is 77.8 Å². The van der Waals surface area contributed by atoms with E-state index in [0.717, 1.165) is 16.7 Å². The molecule has 9 heteroatoms. The molecule has 3 aromatic rings. The summed E-state index contributed by atoms with van der Waals surface area (Å²) in [6.45, 7) is 1.91.